The molecule has 0 radical (unpaired) electrons. The fourth-order valence-electron chi connectivity index (χ4n) is 1.63. The number of rotatable bonds is 2. The van der Waals surface area contributed by atoms with E-state index in [1.165, 1.54) is 18.5 Å². The molecule has 1 aliphatic heterocycles. The second-order valence-corrected chi connectivity index (χ2v) is 5.78. The molecule has 1 aromatic heterocycles. The van der Waals surface area contributed by atoms with Crippen molar-refractivity contribution in [3.63, 3.8) is 0 Å². The fourth-order valence-corrected chi connectivity index (χ4v) is 3.45. The van der Waals surface area contributed by atoms with Gasteiger partial charge in [-0.25, -0.2) is 0 Å². The number of aliphatic imine (C=N–C) groups is 1. The molecule has 74 valence electrons. The summed E-state index contributed by atoms with van der Waals surface area (Å²) in [5.41, 5.74) is 1.18. The summed E-state index contributed by atoms with van der Waals surface area (Å²) in [6, 6.07) is 2.10. The molecule has 4 heteroatoms. The maximum Gasteiger partial charge on any atom is 0.161 e. The Balaban J connectivity index is 1.59. The van der Waals surface area contributed by atoms with Crippen LogP contribution in [-0.2, 0) is 0 Å². The Labute approximate surface area is 91.8 Å². The van der Waals surface area contributed by atoms with Crippen molar-refractivity contribution < 1.29 is 0 Å². The molecule has 2 heterocycles. The lowest BCUT2D eigenvalue weighted by atomic mass is 10.3. The average Bonchev–Trinajstić information content (AvgIpc) is 2.75. The predicted molar refractivity (Wildman–Crippen MR) is 64.3 cm³/mol. The van der Waals surface area contributed by atoms with Crippen molar-refractivity contribution in [2.75, 3.05) is 11.9 Å². The minimum atomic E-state index is 0.760. The van der Waals surface area contributed by atoms with Gasteiger partial charge in [0.05, 0.1) is 12.2 Å². The number of thiophene rings is 1. The minimum absolute atomic E-state index is 0.760. The topological polar surface area (TPSA) is 24.4 Å². The van der Waals surface area contributed by atoms with Crippen molar-refractivity contribution in [2.24, 2.45) is 10.9 Å². The SMILES string of the molecule is c1cc(NC2=NCC(C3CC3)S2)cs1. The molecule has 1 saturated carbocycles. The van der Waals surface area contributed by atoms with Crippen LogP contribution in [0, 0.1) is 5.92 Å². The lowest BCUT2D eigenvalue weighted by Crippen LogP contribution is -2.08. The van der Waals surface area contributed by atoms with Crippen molar-refractivity contribution in [3.05, 3.63) is 16.8 Å². The molecule has 1 atom stereocenters. The predicted octanol–water partition coefficient (Wildman–Crippen LogP) is 3.04. The molecule has 1 aromatic rings. The van der Waals surface area contributed by atoms with Crippen LogP contribution in [0.1, 0.15) is 12.8 Å². The van der Waals surface area contributed by atoms with Gasteiger partial charge in [0, 0.05) is 10.6 Å². The van der Waals surface area contributed by atoms with Crippen molar-refractivity contribution in [1.82, 2.24) is 0 Å². The number of anilines is 1. The third kappa shape index (κ3) is 1.81. The minimum Gasteiger partial charge on any atom is -0.334 e. The van der Waals surface area contributed by atoms with Crippen LogP contribution in [-0.4, -0.2) is 17.0 Å². The van der Waals surface area contributed by atoms with Gasteiger partial charge < -0.3 is 5.32 Å². The van der Waals surface area contributed by atoms with Crippen LogP contribution in [0.3, 0.4) is 0 Å². The van der Waals surface area contributed by atoms with Gasteiger partial charge in [0.25, 0.3) is 0 Å². The molecule has 0 saturated heterocycles. The van der Waals surface area contributed by atoms with E-state index in [4.69, 9.17) is 0 Å². The normalized spacial score (nSPS) is 26.3. The summed E-state index contributed by atoms with van der Waals surface area (Å²) >= 11 is 3.64. The van der Waals surface area contributed by atoms with E-state index >= 15 is 0 Å². The van der Waals surface area contributed by atoms with Gasteiger partial charge in [-0.15, -0.1) is 0 Å². The van der Waals surface area contributed by atoms with Crippen LogP contribution in [0.5, 0.6) is 0 Å². The third-order valence-corrected chi connectivity index (χ3v) is 4.57. The number of nitrogens with zero attached hydrogens (tertiary/aromatic N) is 1. The molecule has 0 spiro atoms. The second kappa shape index (κ2) is 3.59. The Morgan fingerprint density at radius 3 is 3.07 bits per heavy atom. The van der Waals surface area contributed by atoms with Crippen LogP contribution in [0.15, 0.2) is 21.8 Å². The molecular weight excluding hydrogens is 212 g/mol. The van der Waals surface area contributed by atoms with Crippen molar-refractivity contribution in [2.45, 2.75) is 18.1 Å². The summed E-state index contributed by atoms with van der Waals surface area (Å²) in [5, 5.41) is 9.43. The number of amidine groups is 1. The summed E-state index contributed by atoms with van der Waals surface area (Å²) in [7, 11) is 0. The highest BCUT2D eigenvalue weighted by Crippen LogP contribution is 2.41. The van der Waals surface area contributed by atoms with E-state index in [0.717, 1.165) is 22.9 Å². The molecule has 14 heavy (non-hydrogen) atoms. The summed E-state index contributed by atoms with van der Waals surface area (Å²) < 4.78 is 0. The van der Waals surface area contributed by atoms with Crippen LogP contribution in [0.25, 0.3) is 0 Å². The van der Waals surface area contributed by atoms with E-state index in [-0.39, 0.29) is 0 Å². The number of hydrogen-bond donors (Lipinski definition) is 1. The number of thioether (sulfide) groups is 1. The molecule has 1 fully saturated rings. The standard InChI is InChI=1S/C10H12N2S2/c1-2-7(1)9-5-11-10(14-9)12-8-3-4-13-6-8/h3-4,6-7,9H,1-2,5H2,(H,11,12). The first kappa shape index (κ1) is 8.80. The lowest BCUT2D eigenvalue weighted by molar-refractivity contribution is 0.773. The fraction of sp³-hybridized carbons (Fsp3) is 0.500. The van der Waals surface area contributed by atoms with Crippen LogP contribution in [0.2, 0.25) is 0 Å². The number of nitrogens with one attached hydrogen (secondary N) is 1. The molecule has 0 bridgehead atoms. The lowest BCUT2D eigenvalue weighted by Gasteiger charge is -2.05. The second-order valence-electron chi connectivity index (χ2n) is 3.78. The molecule has 1 unspecified atom stereocenters. The Hall–Kier alpha value is -0.480. The van der Waals surface area contributed by atoms with Crippen molar-refractivity contribution in [3.8, 4) is 0 Å². The van der Waals surface area contributed by atoms with Gasteiger partial charge in [-0.3, -0.25) is 4.99 Å². The Morgan fingerprint density at radius 1 is 1.43 bits per heavy atom. The zero-order chi connectivity index (χ0) is 9.38. The maximum atomic E-state index is 4.53. The number of hydrogen-bond acceptors (Lipinski definition) is 4. The van der Waals surface area contributed by atoms with Gasteiger partial charge in [0.1, 0.15) is 0 Å². The van der Waals surface area contributed by atoms with Gasteiger partial charge in [0.15, 0.2) is 5.17 Å². The summed E-state index contributed by atoms with van der Waals surface area (Å²) in [5.74, 6) is 0.950. The highest BCUT2D eigenvalue weighted by atomic mass is 32.2. The van der Waals surface area contributed by atoms with E-state index in [0.29, 0.717) is 0 Å². The van der Waals surface area contributed by atoms with Crippen molar-refractivity contribution >= 4 is 34.0 Å². The molecule has 1 aliphatic carbocycles. The Morgan fingerprint density at radius 2 is 2.36 bits per heavy atom. The van der Waals surface area contributed by atoms with Gasteiger partial charge in [-0.1, -0.05) is 11.8 Å². The van der Waals surface area contributed by atoms with E-state index in [1.54, 1.807) is 11.3 Å². The molecule has 2 aliphatic rings. The quantitative estimate of drug-likeness (QED) is 0.835. The van der Waals surface area contributed by atoms with Gasteiger partial charge in [-0.2, -0.15) is 11.3 Å². The Bertz CT molecular complexity index is 341. The van der Waals surface area contributed by atoms with Gasteiger partial charge in [-0.05, 0) is 30.2 Å². The molecule has 0 aromatic carbocycles. The van der Waals surface area contributed by atoms with Crippen LogP contribution < -0.4 is 5.32 Å². The molecule has 3 rings (SSSR count). The third-order valence-electron chi connectivity index (χ3n) is 2.60. The van der Waals surface area contributed by atoms with E-state index < -0.39 is 0 Å². The van der Waals surface area contributed by atoms with E-state index in [1.807, 2.05) is 11.8 Å². The first-order valence-corrected chi connectivity index (χ1v) is 6.74. The highest BCUT2D eigenvalue weighted by Gasteiger charge is 2.35. The average molecular weight is 224 g/mol. The molecular formula is C10H12N2S2. The van der Waals surface area contributed by atoms with Crippen LogP contribution in [0.4, 0.5) is 5.69 Å². The van der Waals surface area contributed by atoms with E-state index in [9.17, 15) is 0 Å². The molecule has 0 amide bonds. The first-order valence-electron chi connectivity index (χ1n) is 4.92. The smallest absolute Gasteiger partial charge is 0.161 e. The summed E-state index contributed by atoms with van der Waals surface area (Å²) in [6.45, 7) is 1.02. The molecule has 1 N–H and O–H groups in total. The molecule has 2 nitrogen and oxygen atoms in total. The van der Waals surface area contributed by atoms with Gasteiger partial charge >= 0.3 is 0 Å². The maximum absolute atomic E-state index is 4.53. The Kier molecular flexibility index (Phi) is 2.25. The first-order chi connectivity index (χ1) is 6.92. The zero-order valence-electron chi connectivity index (χ0n) is 7.77. The largest absolute Gasteiger partial charge is 0.334 e. The van der Waals surface area contributed by atoms with Gasteiger partial charge in [0.2, 0.25) is 0 Å². The zero-order valence-corrected chi connectivity index (χ0v) is 9.40. The summed E-state index contributed by atoms with van der Waals surface area (Å²) in [6.07, 6.45) is 2.83. The highest BCUT2D eigenvalue weighted by molar-refractivity contribution is 8.15. The summed E-state index contributed by atoms with van der Waals surface area (Å²) in [4.78, 5) is 4.53. The van der Waals surface area contributed by atoms with Crippen molar-refractivity contribution in [1.29, 1.82) is 0 Å². The monoisotopic (exact) mass is 224 g/mol. The van der Waals surface area contributed by atoms with E-state index in [2.05, 4.69) is 27.1 Å². The van der Waals surface area contributed by atoms with Crippen LogP contribution >= 0.6 is 23.1 Å².